The van der Waals surface area contributed by atoms with Crippen molar-refractivity contribution in [1.29, 1.82) is 0 Å². The highest BCUT2D eigenvalue weighted by molar-refractivity contribution is 5.81. The lowest BCUT2D eigenvalue weighted by Crippen LogP contribution is -2.51. The van der Waals surface area contributed by atoms with Crippen LogP contribution in [0.3, 0.4) is 0 Å². The van der Waals surface area contributed by atoms with Crippen molar-refractivity contribution >= 4 is 11.8 Å². The molecular formula is C21H27F3N2O3. The zero-order valence-corrected chi connectivity index (χ0v) is 16.7. The van der Waals surface area contributed by atoms with Crippen LogP contribution in [0.1, 0.15) is 56.1 Å². The van der Waals surface area contributed by atoms with Crippen molar-refractivity contribution in [1.82, 2.24) is 10.2 Å². The van der Waals surface area contributed by atoms with Crippen LogP contribution in [0.2, 0.25) is 0 Å². The van der Waals surface area contributed by atoms with Crippen LogP contribution in [0.4, 0.5) is 13.2 Å². The summed E-state index contributed by atoms with van der Waals surface area (Å²) in [6, 6.07) is 4.91. The Kier molecular flexibility index (Phi) is 6.39. The first-order valence-electron chi connectivity index (χ1n) is 10.1. The van der Waals surface area contributed by atoms with Crippen molar-refractivity contribution in [2.45, 2.75) is 64.3 Å². The number of rotatable bonds is 5. The lowest BCUT2D eigenvalue weighted by molar-refractivity contribution is -0.274. The van der Waals surface area contributed by atoms with E-state index in [9.17, 15) is 22.8 Å². The van der Waals surface area contributed by atoms with Gasteiger partial charge in [-0.2, -0.15) is 0 Å². The van der Waals surface area contributed by atoms with Gasteiger partial charge in [0, 0.05) is 31.5 Å². The van der Waals surface area contributed by atoms with Crippen molar-refractivity contribution in [2.24, 2.45) is 5.92 Å². The second-order valence-electron chi connectivity index (χ2n) is 7.96. The first-order valence-corrected chi connectivity index (χ1v) is 10.1. The van der Waals surface area contributed by atoms with Gasteiger partial charge < -0.3 is 15.0 Å². The number of amides is 2. The van der Waals surface area contributed by atoms with E-state index in [1.807, 2.05) is 4.90 Å². The number of aryl methyl sites for hydroxylation is 1. The number of halogens is 3. The first-order chi connectivity index (χ1) is 13.7. The van der Waals surface area contributed by atoms with E-state index in [4.69, 9.17) is 0 Å². The van der Waals surface area contributed by atoms with Crippen LogP contribution in [0.5, 0.6) is 5.75 Å². The third kappa shape index (κ3) is 5.42. The van der Waals surface area contributed by atoms with Crippen LogP contribution in [0.25, 0.3) is 0 Å². The number of ether oxygens (including phenoxy) is 1. The molecule has 0 unspecified atom stereocenters. The van der Waals surface area contributed by atoms with Crippen LogP contribution < -0.4 is 10.1 Å². The number of hydrogen-bond acceptors (Lipinski definition) is 3. The van der Waals surface area contributed by atoms with Crippen LogP contribution in [-0.2, 0) is 9.59 Å². The molecule has 1 aromatic rings. The van der Waals surface area contributed by atoms with Gasteiger partial charge in [0.1, 0.15) is 5.75 Å². The fourth-order valence-corrected chi connectivity index (χ4v) is 4.12. The number of alkyl halides is 3. The van der Waals surface area contributed by atoms with E-state index in [1.54, 1.807) is 26.0 Å². The summed E-state index contributed by atoms with van der Waals surface area (Å²) in [5.74, 6) is 0.188. The molecule has 3 rings (SSSR count). The van der Waals surface area contributed by atoms with E-state index in [2.05, 4.69) is 10.1 Å². The van der Waals surface area contributed by atoms with Gasteiger partial charge in [-0.05, 0) is 55.7 Å². The molecule has 0 atom stereocenters. The highest BCUT2D eigenvalue weighted by atomic mass is 19.4. The fraction of sp³-hybridized carbons (Fsp3) is 0.619. The van der Waals surface area contributed by atoms with Crippen LogP contribution in [0.15, 0.2) is 18.2 Å². The average molecular weight is 412 g/mol. The quantitative estimate of drug-likeness (QED) is 0.798. The summed E-state index contributed by atoms with van der Waals surface area (Å²) in [6.07, 6.45) is -1.28. The second-order valence-corrected chi connectivity index (χ2v) is 7.96. The summed E-state index contributed by atoms with van der Waals surface area (Å²) in [7, 11) is 0. The molecular weight excluding hydrogens is 385 g/mol. The number of hydrogen-bond donors (Lipinski definition) is 1. The third-order valence-electron chi connectivity index (χ3n) is 5.88. The summed E-state index contributed by atoms with van der Waals surface area (Å²) in [4.78, 5) is 25.9. The molecule has 2 fully saturated rings. The van der Waals surface area contributed by atoms with Crippen molar-refractivity contribution in [2.75, 3.05) is 13.1 Å². The SMILES string of the molecule is CCC(=O)NC1CC(C(=O)N2CCC(c3ccc(OC(F)(F)F)c(C)c3)CC2)C1. The molecule has 1 aromatic carbocycles. The normalized spacial score (nSPS) is 22.7. The van der Waals surface area contributed by atoms with Gasteiger partial charge in [0.15, 0.2) is 0 Å². The summed E-state index contributed by atoms with van der Waals surface area (Å²) in [6.45, 7) is 4.70. The first kappa shape index (κ1) is 21.5. The number of carbonyl (C=O) groups is 2. The Labute approximate surface area is 168 Å². The van der Waals surface area contributed by atoms with Gasteiger partial charge in [0.25, 0.3) is 0 Å². The summed E-state index contributed by atoms with van der Waals surface area (Å²) in [5.41, 5.74) is 1.43. The minimum atomic E-state index is -4.70. The third-order valence-corrected chi connectivity index (χ3v) is 5.88. The average Bonchev–Trinajstić information content (AvgIpc) is 2.64. The summed E-state index contributed by atoms with van der Waals surface area (Å²) < 4.78 is 41.3. The molecule has 1 saturated heterocycles. The van der Waals surface area contributed by atoms with Crippen LogP contribution >= 0.6 is 0 Å². The Morgan fingerprint density at radius 1 is 1.21 bits per heavy atom. The predicted octanol–water partition coefficient (Wildman–Crippen LogP) is 3.90. The fourth-order valence-electron chi connectivity index (χ4n) is 4.12. The van der Waals surface area contributed by atoms with Crippen molar-refractivity contribution in [3.63, 3.8) is 0 Å². The topological polar surface area (TPSA) is 58.6 Å². The number of likely N-dealkylation sites (tertiary alicyclic amines) is 1. The van der Waals surface area contributed by atoms with E-state index in [1.165, 1.54) is 6.07 Å². The molecule has 0 radical (unpaired) electrons. The zero-order chi connectivity index (χ0) is 21.2. The Morgan fingerprint density at radius 3 is 2.41 bits per heavy atom. The van der Waals surface area contributed by atoms with Crippen LogP contribution in [-0.4, -0.2) is 42.2 Å². The van der Waals surface area contributed by atoms with Crippen molar-refractivity contribution in [3.8, 4) is 5.75 Å². The lowest BCUT2D eigenvalue weighted by atomic mass is 9.78. The smallest absolute Gasteiger partial charge is 0.406 e. The molecule has 0 bridgehead atoms. The van der Waals surface area contributed by atoms with E-state index in [0.29, 0.717) is 37.9 Å². The highest BCUT2D eigenvalue weighted by Gasteiger charge is 2.38. The lowest BCUT2D eigenvalue weighted by Gasteiger charge is -2.40. The Balaban J connectivity index is 1.49. The Bertz CT molecular complexity index is 752. The number of piperidine rings is 1. The summed E-state index contributed by atoms with van der Waals surface area (Å²) >= 11 is 0. The zero-order valence-electron chi connectivity index (χ0n) is 16.7. The van der Waals surface area contributed by atoms with Gasteiger partial charge in [0.2, 0.25) is 11.8 Å². The molecule has 2 amide bonds. The molecule has 29 heavy (non-hydrogen) atoms. The molecule has 2 aliphatic rings. The standard InChI is InChI=1S/C21H27F3N2O3/c1-3-19(27)25-17-11-16(12-17)20(28)26-8-6-14(7-9-26)15-4-5-18(13(2)10-15)29-21(22,23)24/h4-5,10,14,16-17H,3,6-9,11-12H2,1-2H3,(H,25,27). The van der Waals surface area contributed by atoms with Crippen LogP contribution in [0, 0.1) is 12.8 Å². The highest BCUT2D eigenvalue weighted by Crippen LogP contribution is 2.35. The molecule has 1 aliphatic carbocycles. The van der Waals surface area contributed by atoms with E-state index < -0.39 is 6.36 Å². The maximum atomic E-state index is 12.6. The number of benzene rings is 1. The summed E-state index contributed by atoms with van der Waals surface area (Å²) in [5, 5.41) is 2.92. The predicted molar refractivity (Wildman–Crippen MR) is 101 cm³/mol. The molecule has 0 aromatic heterocycles. The van der Waals surface area contributed by atoms with Gasteiger partial charge in [0.05, 0.1) is 0 Å². The van der Waals surface area contributed by atoms with Gasteiger partial charge in [-0.25, -0.2) is 0 Å². The van der Waals surface area contributed by atoms with Crippen molar-refractivity contribution < 1.29 is 27.5 Å². The second kappa shape index (κ2) is 8.63. The molecule has 1 aliphatic heterocycles. The van der Waals surface area contributed by atoms with E-state index in [-0.39, 0.29) is 35.4 Å². The molecule has 160 valence electrons. The maximum absolute atomic E-state index is 12.6. The van der Waals surface area contributed by atoms with E-state index >= 15 is 0 Å². The molecule has 1 heterocycles. The van der Waals surface area contributed by atoms with Gasteiger partial charge in [-0.1, -0.05) is 19.1 Å². The maximum Gasteiger partial charge on any atom is 0.573 e. The van der Waals surface area contributed by atoms with E-state index in [0.717, 1.165) is 18.4 Å². The molecule has 8 heteroatoms. The number of carbonyl (C=O) groups excluding carboxylic acids is 2. The molecule has 1 N–H and O–H groups in total. The minimum absolute atomic E-state index is 0.0173. The number of nitrogens with one attached hydrogen (secondary N) is 1. The largest absolute Gasteiger partial charge is 0.573 e. The molecule has 1 saturated carbocycles. The number of nitrogens with zero attached hydrogens (tertiary/aromatic N) is 1. The molecule has 0 spiro atoms. The monoisotopic (exact) mass is 412 g/mol. The Hall–Kier alpha value is -2.25. The minimum Gasteiger partial charge on any atom is -0.406 e. The molecule has 5 nitrogen and oxygen atoms in total. The van der Waals surface area contributed by atoms with Crippen molar-refractivity contribution in [3.05, 3.63) is 29.3 Å². The Morgan fingerprint density at radius 2 is 1.86 bits per heavy atom. The van der Waals surface area contributed by atoms with Gasteiger partial charge in [-0.3, -0.25) is 9.59 Å². The van der Waals surface area contributed by atoms with Gasteiger partial charge >= 0.3 is 6.36 Å². The van der Waals surface area contributed by atoms with Gasteiger partial charge in [-0.15, -0.1) is 13.2 Å².